The van der Waals surface area contributed by atoms with Crippen molar-refractivity contribution in [2.24, 2.45) is 16.7 Å². The zero-order valence-corrected chi connectivity index (χ0v) is 16.4. The Morgan fingerprint density at radius 2 is 1.79 bits per heavy atom. The van der Waals surface area contributed by atoms with E-state index >= 15 is 0 Å². The van der Waals surface area contributed by atoms with Crippen LogP contribution in [0.4, 0.5) is 13.2 Å². The van der Waals surface area contributed by atoms with Gasteiger partial charge in [0.25, 0.3) is 0 Å². The molecule has 0 N–H and O–H groups in total. The summed E-state index contributed by atoms with van der Waals surface area (Å²) in [5, 5.41) is 0. The first kappa shape index (κ1) is 20.2. The van der Waals surface area contributed by atoms with E-state index in [1.807, 2.05) is 30.3 Å². The number of halogens is 3. The van der Waals surface area contributed by atoms with Crippen molar-refractivity contribution in [3.8, 4) is 0 Å². The number of hydrogen-bond donors (Lipinski definition) is 0. The minimum atomic E-state index is -4.51. The molecule has 5 nitrogen and oxygen atoms in total. The van der Waals surface area contributed by atoms with Crippen LogP contribution in [0.1, 0.15) is 25.3 Å². The van der Waals surface area contributed by atoms with Gasteiger partial charge in [0.1, 0.15) is 5.41 Å². The van der Waals surface area contributed by atoms with Gasteiger partial charge in [0.15, 0.2) is 0 Å². The maximum absolute atomic E-state index is 13.3. The van der Waals surface area contributed by atoms with Gasteiger partial charge in [-0.3, -0.25) is 14.5 Å². The summed E-state index contributed by atoms with van der Waals surface area (Å²) in [4.78, 5) is 28.5. The number of ether oxygens (including phenoxy) is 1. The second-order valence-corrected chi connectivity index (χ2v) is 8.56. The van der Waals surface area contributed by atoms with Gasteiger partial charge < -0.3 is 9.64 Å². The number of alkyl halides is 3. The van der Waals surface area contributed by atoms with E-state index in [0.29, 0.717) is 19.6 Å². The van der Waals surface area contributed by atoms with Crippen LogP contribution < -0.4 is 0 Å². The Labute approximate surface area is 167 Å². The van der Waals surface area contributed by atoms with Crippen molar-refractivity contribution in [3.05, 3.63) is 35.9 Å². The van der Waals surface area contributed by atoms with E-state index in [0.717, 1.165) is 5.56 Å². The van der Waals surface area contributed by atoms with Gasteiger partial charge >= 0.3 is 12.1 Å². The Balaban J connectivity index is 1.47. The van der Waals surface area contributed by atoms with Gasteiger partial charge in [-0.15, -0.1) is 0 Å². The van der Waals surface area contributed by atoms with Crippen molar-refractivity contribution in [1.29, 1.82) is 0 Å². The monoisotopic (exact) mass is 410 g/mol. The predicted octanol–water partition coefficient (Wildman–Crippen LogP) is 2.85. The molecule has 1 unspecified atom stereocenters. The van der Waals surface area contributed by atoms with Crippen LogP contribution in [0, 0.1) is 16.7 Å². The van der Waals surface area contributed by atoms with E-state index < -0.39 is 28.8 Å². The highest BCUT2D eigenvalue weighted by atomic mass is 19.4. The topological polar surface area (TPSA) is 49.9 Å². The van der Waals surface area contributed by atoms with Gasteiger partial charge in [0.2, 0.25) is 5.91 Å². The minimum absolute atomic E-state index is 0.139. The molecule has 1 aliphatic carbocycles. The highest BCUT2D eigenvalue weighted by Gasteiger charge is 2.71. The van der Waals surface area contributed by atoms with Crippen LogP contribution in [0.15, 0.2) is 30.3 Å². The summed E-state index contributed by atoms with van der Waals surface area (Å²) in [7, 11) is 0. The quantitative estimate of drug-likeness (QED) is 0.701. The molecule has 2 saturated heterocycles. The zero-order valence-electron chi connectivity index (χ0n) is 16.4. The summed E-state index contributed by atoms with van der Waals surface area (Å²) < 4.78 is 45.2. The molecule has 29 heavy (non-hydrogen) atoms. The maximum atomic E-state index is 13.3. The van der Waals surface area contributed by atoms with Crippen LogP contribution in [0.5, 0.6) is 0 Å². The summed E-state index contributed by atoms with van der Waals surface area (Å²) in [6.45, 7) is 4.05. The van der Waals surface area contributed by atoms with Gasteiger partial charge in [-0.25, -0.2) is 0 Å². The van der Waals surface area contributed by atoms with Crippen LogP contribution in [0.2, 0.25) is 0 Å². The summed E-state index contributed by atoms with van der Waals surface area (Å²) in [6.07, 6.45) is -4.79. The number of esters is 1. The van der Waals surface area contributed by atoms with Crippen LogP contribution in [0.25, 0.3) is 0 Å². The number of carbonyl (C=O) groups excluding carboxylic acids is 2. The molecule has 1 atom stereocenters. The molecule has 1 amide bonds. The van der Waals surface area contributed by atoms with E-state index in [1.165, 1.54) is 4.90 Å². The van der Waals surface area contributed by atoms with E-state index in [2.05, 4.69) is 4.90 Å². The van der Waals surface area contributed by atoms with Gasteiger partial charge in [0.05, 0.1) is 12.5 Å². The molecule has 158 valence electrons. The Hall–Kier alpha value is -2.09. The Morgan fingerprint density at radius 1 is 1.14 bits per heavy atom. The first-order valence-corrected chi connectivity index (χ1v) is 10.00. The lowest BCUT2D eigenvalue weighted by atomic mass is 9.71. The van der Waals surface area contributed by atoms with Crippen molar-refractivity contribution in [2.75, 3.05) is 32.8 Å². The molecule has 2 aliphatic heterocycles. The molecular formula is C21H25F3N2O3. The smallest absolute Gasteiger partial charge is 0.403 e. The number of benzene rings is 1. The molecule has 1 spiro atoms. The van der Waals surface area contributed by atoms with Crippen LogP contribution in [-0.2, 0) is 20.9 Å². The fraction of sp³-hybridized carbons (Fsp3) is 0.619. The Bertz CT molecular complexity index is 786. The Morgan fingerprint density at radius 3 is 2.34 bits per heavy atom. The average molecular weight is 410 g/mol. The second-order valence-electron chi connectivity index (χ2n) is 8.56. The number of likely N-dealkylation sites (tertiary alicyclic amines) is 2. The normalized spacial score (nSPS) is 25.0. The maximum Gasteiger partial charge on any atom is 0.403 e. The Kier molecular flexibility index (Phi) is 4.88. The van der Waals surface area contributed by atoms with Crippen LogP contribution in [0.3, 0.4) is 0 Å². The standard InChI is InChI=1S/C21H25F3N2O3/c1-2-29-17(27)16-11-25(10-15-6-4-3-5-7-15)12-19(16)13-26(14-19)18(28)20(8-9-20)21(22,23)24/h3-7,16H,2,8-14H2,1H3. The SMILES string of the molecule is CCOC(=O)C1CN(Cc2ccccc2)CC12CN(C(=O)C1(C(F)(F)F)CC1)C2. The molecule has 3 fully saturated rings. The summed E-state index contributed by atoms with van der Waals surface area (Å²) in [5.41, 5.74) is -1.62. The summed E-state index contributed by atoms with van der Waals surface area (Å²) in [6, 6.07) is 9.82. The van der Waals surface area contributed by atoms with Crippen molar-refractivity contribution < 1.29 is 27.5 Å². The molecule has 3 aliphatic rings. The zero-order chi connectivity index (χ0) is 20.9. The van der Waals surface area contributed by atoms with E-state index in [4.69, 9.17) is 4.74 Å². The number of rotatable bonds is 5. The minimum Gasteiger partial charge on any atom is -0.466 e. The molecule has 8 heteroatoms. The highest BCUT2D eigenvalue weighted by Crippen LogP contribution is 2.60. The van der Waals surface area contributed by atoms with Crippen molar-refractivity contribution in [3.63, 3.8) is 0 Å². The molecule has 1 saturated carbocycles. The van der Waals surface area contributed by atoms with Gasteiger partial charge in [0, 0.05) is 38.1 Å². The molecular weight excluding hydrogens is 385 g/mol. The molecule has 1 aromatic rings. The van der Waals surface area contributed by atoms with E-state index in [1.54, 1.807) is 6.92 Å². The molecule has 0 bridgehead atoms. The predicted molar refractivity (Wildman–Crippen MR) is 98.6 cm³/mol. The van der Waals surface area contributed by atoms with Crippen molar-refractivity contribution in [2.45, 2.75) is 32.5 Å². The van der Waals surface area contributed by atoms with E-state index in [9.17, 15) is 22.8 Å². The lowest BCUT2D eigenvalue weighted by molar-refractivity contribution is -0.206. The van der Waals surface area contributed by atoms with Gasteiger partial charge in [-0.2, -0.15) is 13.2 Å². The third-order valence-electron chi connectivity index (χ3n) is 6.54. The third-order valence-corrected chi connectivity index (χ3v) is 6.54. The highest BCUT2D eigenvalue weighted by molar-refractivity contribution is 5.87. The molecule has 1 aromatic carbocycles. The van der Waals surface area contributed by atoms with Crippen molar-refractivity contribution >= 4 is 11.9 Å². The van der Waals surface area contributed by atoms with Crippen LogP contribution >= 0.6 is 0 Å². The fourth-order valence-electron chi connectivity index (χ4n) is 4.83. The first-order valence-electron chi connectivity index (χ1n) is 10.00. The molecule has 2 heterocycles. The first-order chi connectivity index (χ1) is 13.7. The number of hydrogen-bond acceptors (Lipinski definition) is 4. The van der Waals surface area contributed by atoms with Crippen molar-refractivity contribution in [1.82, 2.24) is 9.80 Å². The second kappa shape index (κ2) is 7.00. The largest absolute Gasteiger partial charge is 0.466 e. The fourth-order valence-corrected chi connectivity index (χ4v) is 4.83. The number of amides is 1. The molecule has 0 radical (unpaired) electrons. The molecule has 4 rings (SSSR count). The molecule has 0 aromatic heterocycles. The summed E-state index contributed by atoms with van der Waals surface area (Å²) >= 11 is 0. The van der Waals surface area contributed by atoms with Gasteiger partial charge in [-0.1, -0.05) is 30.3 Å². The number of nitrogens with zero attached hydrogens (tertiary/aromatic N) is 2. The third kappa shape index (κ3) is 3.41. The van der Waals surface area contributed by atoms with E-state index in [-0.39, 0.29) is 38.5 Å². The average Bonchev–Trinajstić information content (AvgIpc) is 3.37. The van der Waals surface area contributed by atoms with Gasteiger partial charge in [-0.05, 0) is 25.3 Å². The summed E-state index contributed by atoms with van der Waals surface area (Å²) in [5.74, 6) is -1.59. The number of carbonyl (C=O) groups is 2. The lowest BCUT2D eigenvalue weighted by Crippen LogP contribution is -2.65. The van der Waals surface area contributed by atoms with Crippen LogP contribution in [-0.4, -0.2) is 60.6 Å². The lowest BCUT2D eigenvalue weighted by Gasteiger charge is -2.51.